The van der Waals surface area contributed by atoms with Crippen molar-refractivity contribution in [2.75, 3.05) is 11.9 Å². The number of fused-ring (bicyclic) bond motifs is 2. The molecule has 2 aliphatic rings. The molecule has 5 nitrogen and oxygen atoms in total. The lowest BCUT2D eigenvalue weighted by Gasteiger charge is -2.43. The number of benzene rings is 1. The maximum Gasteiger partial charge on any atom is 0.253 e. The highest BCUT2D eigenvalue weighted by atomic mass is 16.2. The van der Waals surface area contributed by atoms with Crippen LogP contribution >= 0.6 is 0 Å². The zero-order valence-electron chi connectivity index (χ0n) is 14.3. The Balaban J connectivity index is 1.70. The molecule has 2 amide bonds. The van der Waals surface area contributed by atoms with E-state index in [0.29, 0.717) is 29.6 Å². The van der Waals surface area contributed by atoms with Crippen LogP contribution in [0, 0.1) is 17.8 Å². The number of carbonyl (C=O) groups excluding carboxylic acids is 2. The zero-order chi connectivity index (χ0) is 17.1. The Hall–Kier alpha value is -1.88. The van der Waals surface area contributed by atoms with Crippen LogP contribution in [0.4, 0.5) is 5.69 Å². The Morgan fingerprint density at radius 2 is 1.83 bits per heavy atom. The van der Waals surface area contributed by atoms with Gasteiger partial charge in [0.05, 0.1) is 11.3 Å². The molecule has 5 heteroatoms. The number of nitrogens with two attached hydrogens (primary N) is 1. The first-order valence-corrected chi connectivity index (χ1v) is 9.03. The predicted molar refractivity (Wildman–Crippen MR) is 94.6 cm³/mol. The van der Waals surface area contributed by atoms with Crippen LogP contribution in [-0.4, -0.2) is 24.4 Å². The number of hydrogen-bond acceptors (Lipinski definition) is 3. The van der Waals surface area contributed by atoms with Crippen LogP contribution in [0.25, 0.3) is 0 Å². The van der Waals surface area contributed by atoms with Gasteiger partial charge in [-0.1, -0.05) is 18.6 Å². The van der Waals surface area contributed by atoms with Crippen LogP contribution in [0.15, 0.2) is 24.3 Å². The Labute approximate surface area is 143 Å². The molecule has 2 fully saturated rings. The summed E-state index contributed by atoms with van der Waals surface area (Å²) in [6, 6.07) is 7.43. The molecule has 0 aromatic heterocycles. The Bertz CT molecular complexity index is 602. The average Bonchev–Trinajstić information content (AvgIpc) is 2.55. The van der Waals surface area contributed by atoms with Crippen LogP contribution in [0.3, 0.4) is 0 Å². The maximum atomic E-state index is 12.8. The second kappa shape index (κ2) is 7.34. The average molecular weight is 329 g/mol. The van der Waals surface area contributed by atoms with Crippen molar-refractivity contribution in [2.24, 2.45) is 23.5 Å². The molecule has 0 saturated heterocycles. The summed E-state index contributed by atoms with van der Waals surface area (Å²) in [7, 11) is 0. The molecule has 24 heavy (non-hydrogen) atoms. The van der Waals surface area contributed by atoms with Crippen molar-refractivity contribution in [2.45, 2.75) is 45.1 Å². The van der Waals surface area contributed by atoms with E-state index >= 15 is 0 Å². The molecule has 2 atom stereocenters. The van der Waals surface area contributed by atoms with Crippen molar-refractivity contribution in [1.29, 1.82) is 0 Å². The van der Waals surface area contributed by atoms with Gasteiger partial charge in [-0.2, -0.15) is 0 Å². The minimum Gasteiger partial charge on any atom is -0.352 e. The van der Waals surface area contributed by atoms with E-state index < -0.39 is 0 Å². The van der Waals surface area contributed by atoms with E-state index in [-0.39, 0.29) is 23.8 Å². The second-order valence-electron chi connectivity index (χ2n) is 7.09. The normalized spacial score (nSPS) is 28.9. The summed E-state index contributed by atoms with van der Waals surface area (Å²) in [6.07, 6.45) is 5.24. The van der Waals surface area contributed by atoms with Crippen molar-refractivity contribution in [3.63, 3.8) is 0 Å². The van der Waals surface area contributed by atoms with E-state index in [1.54, 1.807) is 12.1 Å². The zero-order valence-corrected chi connectivity index (χ0v) is 14.3. The highest BCUT2D eigenvalue weighted by Crippen LogP contribution is 2.42. The Kier molecular flexibility index (Phi) is 5.19. The largest absolute Gasteiger partial charge is 0.352 e. The van der Waals surface area contributed by atoms with Gasteiger partial charge in [0.15, 0.2) is 0 Å². The van der Waals surface area contributed by atoms with E-state index in [9.17, 15) is 9.59 Å². The van der Waals surface area contributed by atoms with Gasteiger partial charge in [-0.15, -0.1) is 0 Å². The molecule has 0 radical (unpaired) electrons. The number of para-hydroxylation sites is 1. The number of carbonyl (C=O) groups is 2. The van der Waals surface area contributed by atoms with E-state index in [2.05, 4.69) is 10.6 Å². The topological polar surface area (TPSA) is 84.2 Å². The fraction of sp³-hybridized carbons (Fsp3) is 0.579. The fourth-order valence-electron chi connectivity index (χ4n) is 4.28. The summed E-state index contributed by atoms with van der Waals surface area (Å²) in [5.41, 5.74) is 7.42. The molecule has 1 aromatic carbocycles. The molecular weight excluding hydrogens is 302 g/mol. The molecule has 2 aliphatic carbocycles. The monoisotopic (exact) mass is 329 g/mol. The predicted octanol–water partition coefficient (Wildman–Crippen LogP) is 2.53. The number of anilines is 1. The van der Waals surface area contributed by atoms with Crippen LogP contribution in [0.5, 0.6) is 0 Å². The quantitative estimate of drug-likeness (QED) is 0.793. The fourth-order valence-corrected chi connectivity index (χ4v) is 4.28. The first-order chi connectivity index (χ1) is 11.6. The molecule has 2 saturated carbocycles. The van der Waals surface area contributed by atoms with Gasteiger partial charge >= 0.3 is 0 Å². The number of rotatable bonds is 4. The van der Waals surface area contributed by atoms with E-state index in [1.165, 1.54) is 6.42 Å². The third-order valence-electron chi connectivity index (χ3n) is 5.55. The summed E-state index contributed by atoms with van der Waals surface area (Å²) in [5.74, 6) is 0.799. The van der Waals surface area contributed by atoms with Gasteiger partial charge in [0.2, 0.25) is 5.91 Å². The SMILES string of the molecule is CCNC(=O)c1ccccc1NC(=O)C1CC2CCCC(C1)C2N. The minimum absolute atomic E-state index is 0.00222. The van der Waals surface area contributed by atoms with Crippen molar-refractivity contribution < 1.29 is 9.59 Å². The van der Waals surface area contributed by atoms with Gasteiger partial charge in [-0.25, -0.2) is 0 Å². The molecule has 1 aromatic rings. The van der Waals surface area contributed by atoms with Gasteiger partial charge in [0.1, 0.15) is 0 Å². The summed E-state index contributed by atoms with van der Waals surface area (Å²) < 4.78 is 0. The van der Waals surface area contributed by atoms with Crippen molar-refractivity contribution in [3.8, 4) is 0 Å². The van der Waals surface area contributed by atoms with Gasteiger partial charge in [0.25, 0.3) is 5.91 Å². The molecule has 0 aliphatic heterocycles. The minimum atomic E-state index is -0.157. The lowest BCUT2D eigenvalue weighted by Crippen LogP contribution is -2.48. The lowest BCUT2D eigenvalue weighted by atomic mass is 9.65. The van der Waals surface area contributed by atoms with Gasteiger partial charge in [0, 0.05) is 18.5 Å². The van der Waals surface area contributed by atoms with E-state index in [0.717, 1.165) is 25.7 Å². The van der Waals surface area contributed by atoms with Crippen molar-refractivity contribution in [1.82, 2.24) is 5.32 Å². The number of nitrogens with one attached hydrogen (secondary N) is 2. The second-order valence-corrected chi connectivity index (χ2v) is 7.09. The maximum absolute atomic E-state index is 12.8. The molecular formula is C19H27N3O2. The van der Waals surface area contributed by atoms with Crippen LogP contribution < -0.4 is 16.4 Å². The van der Waals surface area contributed by atoms with Crippen LogP contribution in [0.1, 0.15) is 49.4 Å². The molecule has 3 rings (SSSR count). The Morgan fingerprint density at radius 3 is 2.50 bits per heavy atom. The lowest BCUT2D eigenvalue weighted by molar-refractivity contribution is -0.122. The molecule has 2 unspecified atom stereocenters. The molecule has 0 spiro atoms. The van der Waals surface area contributed by atoms with E-state index in [4.69, 9.17) is 5.73 Å². The van der Waals surface area contributed by atoms with E-state index in [1.807, 2.05) is 19.1 Å². The number of amides is 2. The smallest absolute Gasteiger partial charge is 0.253 e. The van der Waals surface area contributed by atoms with Crippen LogP contribution in [0.2, 0.25) is 0 Å². The van der Waals surface area contributed by atoms with Crippen molar-refractivity contribution >= 4 is 17.5 Å². The standard InChI is InChI=1S/C19H27N3O2/c1-2-21-19(24)15-8-3-4-9-16(15)22-18(23)14-10-12-6-5-7-13(11-14)17(12)20/h3-4,8-9,12-14,17H,2,5-7,10-11,20H2,1H3,(H,21,24)(H,22,23). The summed E-state index contributed by atoms with van der Waals surface area (Å²) in [6.45, 7) is 2.44. The summed E-state index contributed by atoms with van der Waals surface area (Å²) in [5, 5.41) is 5.77. The molecule has 0 heterocycles. The third kappa shape index (κ3) is 3.46. The first-order valence-electron chi connectivity index (χ1n) is 9.03. The van der Waals surface area contributed by atoms with Crippen molar-refractivity contribution in [3.05, 3.63) is 29.8 Å². The third-order valence-corrected chi connectivity index (χ3v) is 5.55. The Morgan fingerprint density at radius 1 is 1.17 bits per heavy atom. The summed E-state index contributed by atoms with van der Waals surface area (Å²) >= 11 is 0. The van der Waals surface area contributed by atoms with Gasteiger partial charge < -0.3 is 16.4 Å². The first kappa shape index (κ1) is 17.0. The molecule has 4 N–H and O–H groups in total. The highest BCUT2D eigenvalue weighted by molar-refractivity contribution is 6.04. The van der Waals surface area contributed by atoms with Gasteiger partial charge in [-0.3, -0.25) is 9.59 Å². The highest BCUT2D eigenvalue weighted by Gasteiger charge is 2.40. The molecule has 130 valence electrons. The van der Waals surface area contributed by atoms with Crippen LogP contribution in [-0.2, 0) is 4.79 Å². The molecule has 2 bridgehead atoms. The summed E-state index contributed by atoms with van der Waals surface area (Å²) in [4.78, 5) is 24.9. The van der Waals surface area contributed by atoms with Gasteiger partial charge in [-0.05, 0) is 56.6 Å². The number of hydrogen-bond donors (Lipinski definition) is 3.